The summed E-state index contributed by atoms with van der Waals surface area (Å²) in [6.07, 6.45) is 0. The minimum absolute atomic E-state index is 0.225. The van der Waals surface area contributed by atoms with Gasteiger partial charge in [0.1, 0.15) is 12.4 Å². The molecule has 0 spiro atoms. The fourth-order valence-corrected chi connectivity index (χ4v) is 3.13. The SMILES string of the molecule is Cc1cccc(S(=O)(=O)NCCOc2ccc(C)c(C)c2)c1. The summed E-state index contributed by atoms with van der Waals surface area (Å²) in [4.78, 5) is 0.277. The molecule has 0 aliphatic heterocycles. The van der Waals surface area contributed by atoms with Crippen LogP contribution in [0.15, 0.2) is 47.4 Å². The van der Waals surface area contributed by atoms with Crippen molar-refractivity contribution in [1.82, 2.24) is 4.72 Å². The molecule has 0 unspecified atom stereocenters. The van der Waals surface area contributed by atoms with Crippen LogP contribution in [-0.4, -0.2) is 21.6 Å². The van der Waals surface area contributed by atoms with E-state index in [1.54, 1.807) is 18.2 Å². The van der Waals surface area contributed by atoms with Crippen molar-refractivity contribution >= 4 is 10.0 Å². The molecule has 0 saturated heterocycles. The Morgan fingerprint density at radius 3 is 2.45 bits per heavy atom. The van der Waals surface area contributed by atoms with E-state index in [0.717, 1.165) is 16.9 Å². The van der Waals surface area contributed by atoms with Crippen molar-refractivity contribution in [3.63, 3.8) is 0 Å². The fraction of sp³-hybridized carbons (Fsp3) is 0.294. The van der Waals surface area contributed by atoms with Gasteiger partial charge in [-0.25, -0.2) is 13.1 Å². The minimum Gasteiger partial charge on any atom is -0.492 e. The molecule has 4 nitrogen and oxygen atoms in total. The van der Waals surface area contributed by atoms with Crippen molar-refractivity contribution in [3.05, 3.63) is 59.2 Å². The Labute approximate surface area is 132 Å². The quantitative estimate of drug-likeness (QED) is 0.833. The number of benzene rings is 2. The second-order valence-corrected chi connectivity index (χ2v) is 7.08. The van der Waals surface area contributed by atoms with E-state index in [0.29, 0.717) is 0 Å². The lowest BCUT2D eigenvalue weighted by Gasteiger charge is -2.10. The highest BCUT2D eigenvalue weighted by Crippen LogP contribution is 2.16. The lowest BCUT2D eigenvalue weighted by molar-refractivity contribution is 0.322. The van der Waals surface area contributed by atoms with Gasteiger partial charge in [0.05, 0.1) is 4.90 Å². The molecule has 2 aromatic carbocycles. The van der Waals surface area contributed by atoms with Crippen LogP contribution < -0.4 is 9.46 Å². The van der Waals surface area contributed by atoms with Crippen LogP contribution in [0.5, 0.6) is 5.75 Å². The van der Waals surface area contributed by atoms with Gasteiger partial charge in [-0.1, -0.05) is 18.2 Å². The molecule has 0 saturated carbocycles. The second kappa shape index (κ2) is 6.94. The van der Waals surface area contributed by atoms with Crippen molar-refractivity contribution in [2.24, 2.45) is 0 Å². The number of aryl methyl sites for hydroxylation is 3. The molecule has 0 fully saturated rings. The summed E-state index contributed by atoms with van der Waals surface area (Å²) in [7, 11) is -3.48. The van der Waals surface area contributed by atoms with Crippen LogP contribution in [0.2, 0.25) is 0 Å². The fourth-order valence-electron chi connectivity index (χ4n) is 2.01. The molecule has 2 rings (SSSR count). The monoisotopic (exact) mass is 319 g/mol. The molecular formula is C17H21NO3S. The van der Waals surface area contributed by atoms with Gasteiger partial charge in [0, 0.05) is 6.54 Å². The van der Waals surface area contributed by atoms with E-state index < -0.39 is 10.0 Å². The van der Waals surface area contributed by atoms with Gasteiger partial charge in [-0.15, -0.1) is 0 Å². The number of nitrogens with one attached hydrogen (secondary N) is 1. The van der Waals surface area contributed by atoms with Crippen molar-refractivity contribution in [2.75, 3.05) is 13.2 Å². The topological polar surface area (TPSA) is 55.4 Å². The maximum Gasteiger partial charge on any atom is 0.240 e. The molecule has 1 N–H and O–H groups in total. The third-order valence-electron chi connectivity index (χ3n) is 3.44. The molecule has 2 aromatic rings. The maximum atomic E-state index is 12.1. The van der Waals surface area contributed by atoms with Gasteiger partial charge in [0.25, 0.3) is 0 Å². The average molecular weight is 319 g/mol. The molecule has 22 heavy (non-hydrogen) atoms. The van der Waals surface area contributed by atoms with Crippen LogP contribution in [0.25, 0.3) is 0 Å². The van der Waals surface area contributed by atoms with Crippen molar-refractivity contribution in [2.45, 2.75) is 25.7 Å². The summed E-state index contributed by atoms with van der Waals surface area (Å²) >= 11 is 0. The van der Waals surface area contributed by atoms with Crippen LogP contribution in [0.4, 0.5) is 0 Å². The number of sulfonamides is 1. The highest BCUT2D eigenvalue weighted by molar-refractivity contribution is 7.89. The van der Waals surface area contributed by atoms with Crippen molar-refractivity contribution < 1.29 is 13.2 Å². The zero-order valence-corrected chi connectivity index (χ0v) is 13.9. The summed E-state index contributed by atoms with van der Waals surface area (Å²) in [6.45, 7) is 6.43. The first kappa shape index (κ1) is 16.5. The summed E-state index contributed by atoms with van der Waals surface area (Å²) in [5, 5.41) is 0. The predicted octanol–water partition coefficient (Wildman–Crippen LogP) is 2.97. The number of rotatable bonds is 6. The van der Waals surface area contributed by atoms with Crippen molar-refractivity contribution in [1.29, 1.82) is 0 Å². The molecule has 0 bridgehead atoms. The average Bonchev–Trinajstić information content (AvgIpc) is 2.47. The second-order valence-electron chi connectivity index (χ2n) is 5.31. The van der Waals surface area contributed by atoms with Gasteiger partial charge in [-0.05, 0) is 61.7 Å². The summed E-state index contributed by atoms with van der Waals surface area (Å²) in [6, 6.07) is 12.6. The highest BCUT2D eigenvalue weighted by atomic mass is 32.2. The van der Waals surface area contributed by atoms with Crippen LogP contribution in [0.3, 0.4) is 0 Å². The smallest absolute Gasteiger partial charge is 0.240 e. The normalized spacial score (nSPS) is 11.4. The Morgan fingerprint density at radius 1 is 1.00 bits per heavy atom. The molecule has 118 valence electrons. The third-order valence-corrected chi connectivity index (χ3v) is 4.90. The zero-order chi connectivity index (χ0) is 16.2. The molecule has 0 aliphatic carbocycles. The Hall–Kier alpha value is -1.85. The zero-order valence-electron chi connectivity index (χ0n) is 13.1. The number of ether oxygens (including phenoxy) is 1. The minimum atomic E-state index is -3.48. The number of hydrogen-bond donors (Lipinski definition) is 1. The van der Waals surface area contributed by atoms with E-state index in [-0.39, 0.29) is 18.0 Å². The van der Waals surface area contributed by atoms with Gasteiger partial charge in [0.2, 0.25) is 10.0 Å². The molecular weight excluding hydrogens is 298 g/mol. The van der Waals surface area contributed by atoms with Crippen LogP contribution >= 0.6 is 0 Å². The molecule has 0 atom stereocenters. The van der Waals surface area contributed by atoms with Crippen LogP contribution in [-0.2, 0) is 10.0 Å². The Balaban J connectivity index is 1.89. The molecule has 0 radical (unpaired) electrons. The first-order valence-electron chi connectivity index (χ1n) is 7.15. The van der Waals surface area contributed by atoms with E-state index >= 15 is 0 Å². The first-order valence-corrected chi connectivity index (χ1v) is 8.63. The Morgan fingerprint density at radius 2 is 1.77 bits per heavy atom. The molecule has 0 aliphatic rings. The van der Waals surface area contributed by atoms with E-state index in [1.807, 2.05) is 45.0 Å². The summed E-state index contributed by atoms with van der Waals surface area (Å²) in [5.74, 6) is 0.748. The van der Waals surface area contributed by atoms with E-state index in [2.05, 4.69) is 4.72 Å². The first-order chi connectivity index (χ1) is 10.4. The van der Waals surface area contributed by atoms with Crippen molar-refractivity contribution in [3.8, 4) is 5.75 Å². The summed E-state index contributed by atoms with van der Waals surface area (Å²) in [5.41, 5.74) is 3.26. The van der Waals surface area contributed by atoms with Crippen LogP contribution in [0.1, 0.15) is 16.7 Å². The Kier molecular flexibility index (Phi) is 5.21. The summed E-state index contributed by atoms with van der Waals surface area (Å²) < 4.78 is 32.4. The highest BCUT2D eigenvalue weighted by Gasteiger charge is 2.13. The lowest BCUT2D eigenvalue weighted by atomic mass is 10.1. The van der Waals surface area contributed by atoms with Gasteiger partial charge >= 0.3 is 0 Å². The van der Waals surface area contributed by atoms with Gasteiger partial charge in [-0.3, -0.25) is 0 Å². The number of hydrogen-bond acceptors (Lipinski definition) is 3. The largest absolute Gasteiger partial charge is 0.492 e. The standard InChI is InChI=1S/C17H21NO3S/c1-13-5-4-6-17(11-13)22(19,20)18-9-10-21-16-8-7-14(2)15(3)12-16/h4-8,11-12,18H,9-10H2,1-3H3. The van der Waals surface area contributed by atoms with Gasteiger partial charge < -0.3 is 4.74 Å². The molecule has 0 heterocycles. The van der Waals surface area contributed by atoms with E-state index in [4.69, 9.17) is 4.74 Å². The third kappa shape index (κ3) is 4.32. The molecule has 5 heteroatoms. The molecule has 0 aromatic heterocycles. The maximum absolute atomic E-state index is 12.1. The van der Waals surface area contributed by atoms with E-state index in [9.17, 15) is 8.42 Å². The van der Waals surface area contributed by atoms with E-state index in [1.165, 1.54) is 5.56 Å². The van der Waals surface area contributed by atoms with Crippen LogP contribution in [0, 0.1) is 20.8 Å². The van der Waals surface area contributed by atoms with Gasteiger partial charge in [0.15, 0.2) is 0 Å². The van der Waals surface area contributed by atoms with Gasteiger partial charge in [-0.2, -0.15) is 0 Å². The lowest BCUT2D eigenvalue weighted by Crippen LogP contribution is -2.28. The predicted molar refractivity (Wildman–Crippen MR) is 87.8 cm³/mol. The Bertz CT molecular complexity index is 754. The molecule has 0 amide bonds.